The van der Waals surface area contributed by atoms with Crippen LogP contribution in [0.1, 0.15) is 27.2 Å². The molecule has 2 rings (SSSR count). The fraction of sp³-hybridized carbons (Fsp3) is 0.417. The summed E-state index contributed by atoms with van der Waals surface area (Å²) in [5, 5.41) is 6.83. The van der Waals surface area contributed by atoms with Crippen molar-refractivity contribution in [2.24, 2.45) is 0 Å². The highest BCUT2D eigenvalue weighted by molar-refractivity contribution is 14.1. The number of thiophene rings is 1. The Labute approximate surface area is 124 Å². The molecule has 0 amide bonds. The molecule has 0 radical (unpaired) electrons. The molecular weight excluding hydrogens is 363 g/mol. The molecular formula is C12H15IN2S2. The quantitative estimate of drug-likeness (QED) is 0.816. The Kier molecular flexibility index (Phi) is 4.57. The SMILES string of the molecule is CNC(Cc1nc(C)c(C)s1)c1csc(I)c1. The number of hydrogen-bond acceptors (Lipinski definition) is 4. The molecule has 92 valence electrons. The van der Waals surface area contributed by atoms with Crippen molar-refractivity contribution in [3.05, 3.63) is 35.5 Å². The summed E-state index contributed by atoms with van der Waals surface area (Å²) in [7, 11) is 2.02. The molecule has 2 nitrogen and oxygen atoms in total. The summed E-state index contributed by atoms with van der Waals surface area (Å²) in [5.41, 5.74) is 2.53. The van der Waals surface area contributed by atoms with E-state index in [0.29, 0.717) is 6.04 Å². The van der Waals surface area contributed by atoms with Crippen molar-refractivity contribution in [3.63, 3.8) is 0 Å². The van der Waals surface area contributed by atoms with Gasteiger partial charge in [-0.15, -0.1) is 22.7 Å². The van der Waals surface area contributed by atoms with E-state index in [-0.39, 0.29) is 0 Å². The van der Waals surface area contributed by atoms with E-state index in [4.69, 9.17) is 0 Å². The van der Waals surface area contributed by atoms with Gasteiger partial charge in [0.15, 0.2) is 0 Å². The van der Waals surface area contributed by atoms with Gasteiger partial charge in [0, 0.05) is 17.3 Å². The van der Waals surface area contributed by atoms with Crippen molar-refractivity contribution in [3.8, 4) is 0 Å². The zero-order chi connectivity index (χ0) is 12.4. The Bertz CT molecular complexity index is 485. The molecule has 2 heterocycles. The molecule has 0 bridgehead atoms. The van der Waals surface area contributed by atoms with Crippen LogP contribution in [0.15, 0.2) is 11.4 Å². The highest BCUT2D eigenvalue weighted by atomic mass is 127. The Balaban J connectivity index is 2.15. The van der Waals surface area contributed by atoms with Crippen molar-refractivity contribution in [2.45, 2.75) is 26.3 Å². The van der Waals surface area contributed by atoms with Gasteiger partial charge >= 0.3 is 0 Å². The van der Waals surface area contributed by atoms with Crippen LogP contribution in [0.5, 0.6) is 0 Å². The van der Waals surface area contributed by atoms with Crippen LogP contribution in [0.3, 0.4) is 0 Å². The zero-order valence-corrected chi connectivity index (χ0v) is 13.9. The van der Waals surface area contributed by atoms with Crippen LogP contribution in [0.2, 0.25) is 0 Å². The van der Waals surface area contributed by atoms with Gasteiger partial charge in [-0.1, -0.05) is 0 Å². The van der Waals surface area contributed by atoms with Crippen LogP contribution in [0.4, 0.5) is 0 Å². The Morgan fingerprint density at radius 1 is 1.47 bits per heavy atom. The summed E-state index contributed by atoms with van der Waals surface area (Å²) in [6, 6.07) is 2.62. The maximum atomic E-state index is 4.61. The lowest BCUT2D eigenvalue weighted by Gasteiger charge is -2.12. The molecule has 1 atom stereocenters. The molecule has 1 N–H and O–H groups in total. The highest BCUT2D eigenvalue weighted by Gasteiger charge is 2.14. The summed E-state index contributed by atoms with van der Waals surface area (Å²) in [6.07, 6.45) is 0.975. The van der Waals surface area contributed by atoms with Crippen LogP contribution < -0.4 is 5.32 Å². The number of hydrogen-bond donors (Lipinski definition) is 1. The third-order valence-electron chi connectivity index (χ3n) is 2.79. The number of halogens is 1. The van der Waals surface area contributed by atoms with E-state index in [2.05, 4.69) is 58.2 Å². The second kappa shape index (κ2) is 5.77. The maximum Gasteiger partial charge on any atom is 0.0949 e. The molecule has 1 unspecified atom stereocenters. The Hall–Kier alpha value is 0.0200. The number of nitrogens with zero attached hydrogens (tertiary/aromatic N) is 1. The number of aromatic nitrogens is 1. The zero-order valence-electron chi connectivity index (χ0n) is 10.1. The van der Waals surface area contributed by atoms with Gasteiger partial charge in [0.1, 0.15) is 0 Å². The third kappa shape index (κ3) is 3.27. The Morgan fingerprint density at radius 2 is 2.24 bits per heavy atom. The number of aryl methyl sites for hydroxylation is 2. The number of likely N-dealkylation sites (N-methyl/N-ethyl adjacent to an activating group) is 1. The van der Waals surface area contributed by atoms with Crippen LogP contribution in [-0.4, -0.2) is 12.0 Å². The van der Waals surface area contributed by atoms with Gasteiger partial charge in [0.25, 0.3) is 0 Å². The summed E-state index contributed by atoms with van der Waals surface area (Å²) in [4.78, 5) is 5.94. The first-order valence-corrected chi connectivity index (χ1v) is 8.21. The van der Waals surface area contributed by atoms with Gasteiger partial charge in [0.05, 0.1) is 13.6 Å². The fourth-order valence-corrected chi connectivity index (χ4v) is 4.10. The average Bonchev–Trinajstić information content (AvgIpc) is 2.83. The molecule has 0 spiro atoms. The summed E-state index contributed by atoms with van der Waals surface area (Å²) in [5.74, 6) is 0. The van der Waals surface area contributed by atoms with Gasteiger partial charge < -0.3 is 5.32 Å². The summed E-state index contributed by atoms with van der Waals surface area (Å²) >= 11 is 5.98. The Morgan fingerprint density at radius 3 is 2.71 bits per heavy atom. The first-order chi connectivity index (χ1) is 8.10. The van der Waals surface area contributed by atoms with Crippen molar-refractivity contribution in [2.75, 3.05) is 7.05 Å². The van der Waals surface area contributed by atoms with E-state index in [9.17, 15) is 0 Å². The normalized spacial score (nSPS) is 12.9. The van der Waals surface area contributed by atoms with E-state index >= 15 is 0 Å². The van der Waals surface area contributed by atoms with Gasteiger partial charge in [-0.2, -0.15) is 0 Å². The van der Waals surface area contributed by atoms with E-state index in [1.165, 1.54) is 24.0 Å². The standard InChI is InChI=1S/C12H15IN2S2/c1-7-8(2)17-12(15-7)5-10(14-3)9-4-11(13)16-6-9/h4,6,10,14H,5H2,1-3H3. The van der Waals surface area contributed by atoms with Crippen LogP contribution >= 0.6 is 45.3 Å². The molecule has 0 aliphatic carbocycles. The van der Waals surface area contributed by atoms with Crippen LogP contribution in [0.25, 0.3) is 0 Å². The van der Waals surface area contributed by atoms with E-state index in [1.54, 1.807) is 11.3 Å². The lowest BCUT2D eigenvalue weighted by atomic mass is 10.1. The highest BCUT2D eigenvalue weighted by Crippen LogP contribution is 2.27. The fourth-order valence-electron chi connectivity index (χ4n) is 1.69. The molecule has 2 aromatic rings. The van der Waals surface area contributed by atoms with E-state index in [1.807, 2.05) is 18.4 Å². The van der Waals surface area contributed by atoms with Crippen LogP contribution in [-0.2, 0) is 6.42 Å². The predicted octanol–water partition coefficient (Wildman–Crippen LogP) is 3.93. The molecule has 2 aromatic heterocycles. The first-order valence-electron chi connectivity index (χ1n) is 5.44. The first kappa shape index (κ1) is 13.5. The van der Waals surface area contributed by atoms with E-state index in [0.717, 1.165) is 6.42 Å². The molecule has 17 heavy (non-hydrogen) atoms. The molecule has 0 saturated carbocycles. The van der Waals surface area contributed by atoms with Crippen molar-refractivity contribution >= 4 is 45.3 Å². The summed E-state index contributed by atoms with van der Waals surface area (Å²) < 4.78 is 1.34. The van der Waals surface area contributed by atoms with Gasteiger partial charge in [-0.3, -0.25) is 0 Å². The van der Waals surface area contributed by atoms with Crippen LogP contribution in [0, 0.1) is 16.7 Å². The molecule has 0 aliphatic rings. The number of nitrogens with one attached hydrogen (secondary N) is 1. The van der Waals surface area contributed by atoms with Crippen molar-refractivity contribution in [1.29, 1.82) is 0 Å². The minimum atomic E-state index is 0.375. The number of thiazole rings is 1. The van der Waals surface area contributed by atoms with E-state index < -0.39 is 0 Å². The smallest absolute Gasteiger partial charge is 0.0949 e. The van der Waals surface area contributed by atoms with Gasteiger partial charge in [-0.05, 0) is 60.5 Å². The number of rotatable bonds is 4. The monoisotopic (exact) mass is 378 g/mol. The minimum absolute atomic E-state index is 0.375. The predicted molar refractivity (Wildman–Crippen MR) is 84.1 cm³/mol. The largest absolute Gasteiger partial charge is 0.313 e. The van der Waals surface area contributed by atoms with Gasteiger partial charge in [-0.25, -0.2) is 4.98 Å². The second-order valence-corrected chi connectivity index (χ2v) is 8.07. The maximum absolute atomic E-state index is 4.61. The average molecular weight is 378 g/mol. The molecule has 0 saturated heterocycles. The lowest BCUT2D eigenvalue weighted by molar-refractivity contribution is 0.591. The molecule has 0 fully saturated rings. The summed E-state index contributed by atoms with van der Waals surface area (Å²) in [6.45, 7) is 4.22. The molecule has 5 heteroatoms. The third-order valence-corrected chi connectivity index (χ3v) is 5.69. The van der Waals surface area contributed by atoms with Gasteiger partial charge in [0.2, 0.25) is 0 Å². The lowest BCUT2D eigenvalue weighted by Crippen LogP contribution is -2.18. The topological polar surface area (TPSA) is 24.9 Å². The molecule has 0 aliphatic heterocycles. The molecule has 0 aromatic carbocycles. The minimum Gasteiger partial charge on any atom is -0.313 e. The second-order valence-electron chi connectivity index (χ2n) is 3.98. The van der Waals surface area contributed by atoms with Crippen molar-refractivity contribution < 1.29 is 0 Å². The van der Waals surface area contributed by atoms with Crippen molar-refractivity contribution in [1.82, 2.24) is 10.3 Å².